The lowest BCUT2D eigenvalue weighted by molar-refractivity contribution is -0.120. The Labute approximate surface area is 180 Å². The quantitative estimate of drug-likeness (QED) is 0.326. The number of carbonyl (C=O) groups excluding carboxylic acids is 1. The van der Waals surface area contributed by atoms with Crippen LogP contribution in [0.1, 0.15) is 16.7 Å². The number of nitrogens with one attached hydrogen (secondary N) is 2. The highest BCUT2D eigenvalue weighted by Gasteiger charge is 2.10. The van der Waals surface area contributed by atoms with E-state index in [2.05, 4.69) is 10.3 Å². The van der Waals surface area contributed by atoms with Gasteiger partial charge in [-0.3, -0.25) is 4.79 Å². The number of fused-ring (bicyclic) bond motifs is 1. The predicted octanol–water partition coefficient (Wildman–Crippen LogP) is 4.06. The molecule has 4 N–H and O–H groups in total. The topological polar surface area (TPSA) is 94.6 Å². The van der Waals surface area contributed by atoms with Gasteiger partial charge >= 0.3 is 0 Å². The standard InChI is InChI=1S/C25H24N2O4/c28-23-9-6-17(12-24(23)29)10-11-26-25(30)13-19-15-27-22-8-7-20(14-21(19)22)31-16-18-4-2-1-3-5-18/h1-9,12,14-15,27-29H,10-11,13,16H2,(H,26,30). The number of aromatic hydroxyl groups is 2. The number of benzene rings is 3. The van der Waals surface area contributed by atoms with Crippen molar-refractivity contribution >= 4 is 16.8 Å². The van der Waals surface area contributed by atoms with Gasteiger partial charge in [0.15, 0.2) is 11.5 Å². The largest absolute Gasteiger partial charge is 0.504 e. The lowest BCUT2D eigenvalue weighted by atomic mass is 10.1. The molecule has 0 aliphatic heterocycles. The molecular formula is C25H24N2O4. The Morgan fingerprint density at radius 2 is 1.77 bits per heavy atom. The number of ether oxygens (including phenoxy) is 1. The van der Waals surface area contributed by atoms with Crippen LogP contribution in [-0.4, -0.2) is 27.6 Å². The summed E-state index contributed by atoms with van der Waals surface area (Å²) in [6.45, 7) is 0.927. The van der Waals surface area contributed by atoms with E-state index in [0.29, 0.717) is 19.6 Å². The number of amides is 1. The van der Waals surface area contributed by atoms with Crippen LogP contribution in [-0.2, 0) is 24.2 Å². The van der Waals surface area contributed by atoms with Crippen molar-refractivity contribution in [3.8, 4) is 17.2 Å². The molecule has 0 aliphatic carbocycles. The molecule has 0 spiro atoms. The molecule has 158 valence electrons. The highest BCUT2D eigenvalue weighted by molar-refractivity contribution is 5.89. The van der Waals surface area contributed by atoms with E-state index in [1.165, 1.54) is 12.1 Å². The van der Waals surface area contributed by atoms with Crippen LogP contribution in [0.25, 0.3) is 10.9 Å². The Morgan fingerprint density at radius 1 is 0.935 bits per heavy atom. The molecular weight excluding hydrogens is 392 g/mol. The van der Waals surface area contributed by atoms with E-state index >= 15 is 0 Å². The predicted molar refractivity (Wildman–Crippen MR) is 119 cm³/mol. The minimum atomic E-state index is -0.159. The van der Waals surface area contributed by atoms with E-state index < -0.39 is 0 Å². The molecule has 6 nitrogen and oxygen atoms in total. The molecule has 0 fully saturated rings. The second kappa shape index (κ2) is 9.26. The Morgan fingerprint density at radius 3 is 2.58 bits per heavy atom. The number of aromatic amines is 1. The molecule has 3 aromatic carbocycles. The van der Waals surface area contributed by atoms with E-state index in [1.807, 2.05) is 54.7 Å². The van der Waals surface area contributed by atoms with Gasteiger partial charge in [-0.25, -0.2) is 0 Å². The first-order chi connectivity index (χ1) is 15.1. The number of hydrogen-bond donors (Lipinski definition) is 4. The maximum absolute atomic E-state index is 12.4. The maximum atomic E-state index is 12.4. The van der Waals surface area contributed by atoms with Crippen molar-refractivity contribution in [2.45, 2.75) is 19.4 Å². The van der Waals surface area contributed by atoms with Crippen molar-refractivity contribution in [1.29, 1.82) is 0 Å². The number of phenols is 2. The van der Waals surface area contributed by atoms with Crippen LogP contribution in [0.15, 0.2) is 72.9 Å². The smallest absolute Gasteiger partial charge is 0.224 e. The maximum Gasteiger partial charge on any atom is 0.224 e. The summed E-state index contributed by atoms with van der Waals surface area (Å²) in [6.07, 6.45) is 2.66. The monoisotopic (exact) mass is 416 g/mol. The van der Waals surface area contributed by atoms with Crippen LogP contribution in [0.2, 0.25) is 0 Å². The number of rotatable bonds is 8. The lowest BCUT2D eigenvalue weighted by Crippen LogP contribution is -2.27. The van der Waals surface area contributed by atoms with Crippen molar-refractivity contribution in [2.24, 2.45) is 0 Å². The van der Waals surface area contributed by atoms with Crippen LogP contribution in [0.3, 0.4) is 0 Å². The normalized spacial score (nSPS) is 10.8. The summed E-state index contributed by atoms with van der Waals surface area (Å²) in [6, 6.07) is 20.5. The summed E-state index contributed by atoms with van der Waals surface area (Å²) < 4.78 is 5.91. The van der Waals surface area contributed by atoms with E-state index in [9.17, 15) is 15.0 Å². The first kappa shape index (κ1) is 20.3. The van der Waals surface area contributed by atoms with Crippen LogP contribution >= 0.6 is 0 Å². The van der Waals surface area contributed by atoms with E-state index in [0.717, 1.165) is 33.3 Å². The van der Waals surface area contributed by atoms with E-state index in [-0.39, 0.29) is 23.8 Å². The molecule has 1 aromatic heterocycles. The molecule has 0 saturated heterocycles. The van der Waals surface area contributed by atoms with Crippen LogP contribution in [0.4, 0.5) is 0 Å². The van der Waals surface area contributed by atoms with Crippen LogP contribution in [0, 0.1) is 0 Å². The molecule has 6 heteroatoms. The third-order valence-electron chi connectivity index (χ3n) is 5.11. The lowest BCUT2D eigenvalue weighted by Gasteiger charge is -2.08. The van der Waals surface area contributed by atoms with Gasteiger partial charge in [-0.15, -0.1) is 0 Å². The summed E-state index contributed by atoms with van der Waals surface area (Å²) in [5.41, 5.74) is 3.79. The number of carbonyl (C=O) groups is 1. The molecule has 0 radical (unpaired) electrons. The van der Waals surface area contributed by atoms with Crippen molar-refractivity contribution < 1.29 is 19.7 Å². The summed E-state index contributed by atoms with van der Waals surface area (Å²) in [5, 5.41) is 22.8. The van der Waals surface area contributed by atoms with Gasteiger partial charge < -0.3 is 25.3 Å². The molecule has 0 bridgehead atoms. The Hall–Kier alpha value is -3.93. The van der Waals surface area contributed by atoms with Crippen molar-refractivity contribution in [3.63, 3.8) is 0 Å². The van der Waals surface area contributed by atoms with Gasteiger partial charge in [-0.2, -0.15) is 0 Å². The minimum Gasteiger partial charge on any atom is -0.504 e. The number of H-pyrrole nitrogens is 1. The summed E-state index contributed by atoms with van der Waals surface area (Å²) in [5.74, 6) is 0.358. The summed E-state index contributed by atoms with van der Waals surface area (Å²) in [7, 11) is 0. The van der Waals surface area contributed by atoms with Gasteiger partial charge in [-0.05, 0) is 53.4 Å². The van der Waals surface area contributed by atoms with E-state index in [1.54, 1.807) is 6.07 Å². The van der Waals surface area contributed by atoms with Gasteiger partial charge in [0, 0.05) is 23.6 Å². The fraction of sp³-hybridized carbons (Fsp3) is 0.160. The average molecular weight is 416 g/mol. The SMILES string of the molecule is O=C(Cc1c[nH]c2ccc(OCc3ccccc3)cc12)NCCc1ccc(O)c(O)c1. The zero-order chi connectivity index (χ0) is 21.6. The number of hydrogen-bond acceptors (Lipinski definition) is 4. The Kier molecular flexibility index (Phi) is 6.08. The van der Waals surface area contributed by atoms with Gasteiger partial charge in [0.05, 0.1) is 6.42 Å². The highest BCUT2D eigenvalue weighted by atomic mass is 16.5. The molecule has 0 unspecified atom stereocenters. The highest BCUT2D eigenvalue weighted by Crippen LogP contribution is 2.26. The zero-order valence-electron chi connectivity index (χ0n) is 17.0. The number of phenolic OH excluding ortho intramolecular Hbond substituents is 2. The molecule has 1 heterocycles. The van der Waals surface area contributed by atoms with Crippen molar-refractivity contribution in [3.05, 3.63) is 89.6 Å². The first-order valence-corrected chi connectivity index (χ1v) is 10.1. The third kappa shape index (κ3) is 5.17. The molecule has 4 aromatic rings. The second-order valence-electron chi connectivity index (χ2n) is 7.40. The third-order valence-corrected chi connectivity index (χ3v) is 5.11. The molecule has 0 saturated carbocycles. The fourth-order valence-corrected chi connectivity index (χ4v) is 3.44. The molecule has 31 heavy (non-hydrogen) atoms. The average Bonchev–Trinajstić information content (AvgIpc) is 3.17. The molecule has 0 aliphatic rings. The van der Waals surface area contributed by atoms with Gasteiger partial charge in [-0.1, -0.05) is 36.4 Å². The molecule has 1 amide bonds. The Balaban J connectivity index is 1.35. The summed E-state index contributed by atoms with van der Waals surface area (Å²) in [4.78, 5) is 15.6. The van der Waals surface area contributed by atoms with Crippen molar-refractivity contribution in [2.75, 3.05) is 6.54 Å². The number of aromatic nitrogens is 1. The van der Waals surface area contributed by atoms with Gasteiger partial charge in [0.1, 0.15) is 12.4 Å². The van der Waals surface area contributed by atoms with Crippen LogP contribution in [0.5, 0.6) is 17.2 Å². The zero-order valence-corrected chi connectivity index (χ0v) is 17.0. The van der Waals surface area contributed by atoms with E-state index in [4.69, 9.17) is 4.74 Å². The summed E-state index contributed by atoms with van der Waals surface area (Å²) >= 11 is 0. The molecule has 0 atom stereocenters. The Bertz CT molecular complexity index is 1180. The first-order valence-electron chi connectivity index (χ1n) is 10.1. The molecule has 4 rings (SSSR count). The van der Waals surface area contributed by atoms with Crippen molar-refractivity contribution in [1.82, 2.24) is 10.3 Å². The van der Waals surface area contributed by atoms with Gasteiger partial charge in [0.25, 0.3) is 0 Å². The van der Waals surface area contributed by atoms with Gasteiger partial charge in [0.2, 0.25) is 5.91 Å². The second-order valence-corrected chi connectivity index (χ2v) is 7.40. The fourth-order valence-electron chi connectivity index (χ4n) is 3.44. The van der Waals surface area contributed by atoms with Crippen LogP contribution < -0.4 is 10.1 Å². The minimum absolute atomic E-state index is 0.0838.